The van der Waals surface area contributed by atoms with Crippen LogP contribution < -0.4 is 0 Å². The summed E-state index contributed by atoms with van der Waals surface area (Å²) >= 11 is 0. The van der Waals surface area contributed by atoms with Gasteiger partial charge in [-0.05, 0) is 47.9 Å². The van der Waals surface area contributed by atoms with Crippen molar-refractivity contribution in [3.05, 3.63) is 150 Å². The van der Waals surface area contributed by atoms with Gasteiger partial charge in [0.2, 0.25) is 6.23 Å². The number of hydrogen-bond donors (Lipinski definition) is 1. The largest absolute Gasteiger partial charge is 0.508 e. The van der Waals surface area contributed by atoms with Crippen molar-refractivity contribution in [2.75, 3.05) is 0 Å². The van der Waals surface area contributed by atoms with Crippen molar-refractivity contribution in [1.82, 2.24) is 9.80 Å². The Morgan fingerprint density at radius 3 is 1.84 bits per heavy atom. The Labute approximate surface area is 260 Å². The van der Waals surface area contributed by atoms with Gasteiger partial charge in [0.1, 0.15) is 5.75 Å². The van der Waals surface area contributed by atoms with E-state index in [1.165, 1.54) is 42.3 Å². The van der Waals surface area contributed by atoms with Crippen LogP contribution in [0.1, 0.15) is 53.0 Å². The molecule has 0 aliphatic carbocycles. The van der Waals surface area contributed by atoms with Gasteiger partial charge in [0.25, 0.3) is 11.8 Å². The predicted octanol–water partition coefficient (Wildman–Crippen LogP) is 5.54. The van der Waals surface area contributed by atoms with E-state index in [1.54, 1.807) is 43.3 Å². The summed E-state index contributed by atoms with van der Waals surface area (Å²) < 4.78 is 11.8. The van der Waals surface area contributed by atoms with Crippen LogP contribution in [-0.2, 0) is 23.9 Å². The van der Waals surface area contributed by atoms with Gasteiger partial charge < -0.3 is 14.6 Å². The van der Waals surface area contributed by atoms with Gasteiger partial charge in [0.15, 0.2) is 18.2 Å². The summed E-state index contributed by atoms with van der Waals surface area (Å²) in [7, 11) is 0. The zero-order valence-corrected chi connectivity index (χ0v) is 24.7. The maximum absolute atomic E-state index is 14.2. The maximum Gasteiger partial charge on any atom is 0.334 e. The van der Waals surface area contributed by atoms with E-state index < -0.39 is 48.2 Å². The number of carbonyl (C=O) groups is 4. The molecule has 0 bridgehead atoms. The van der Waals surface area contributed by atoms with E-state index in [2.05, 4.69) is 0 Å². The molecular weight excluding hydrogens is 572 g/mol. The van der Waals surface area contributed by atoms with Gasteiger partial charge in [-0.1, -0.05) is 97.1 Å². The molecule has 1 fully saturated rings. The zero-order valence-electron chi connectivity index (χ0n) is 24.7. The Kier molecular flexibility index (Phi) is 9.38. The molecular formula is C36H32N2O7. The van der Waals surface area contributed by atoms with Gasteiger partial charge in [0.05, 0.1) is 0 Å². The fraction of sp³-hybridized carbons (Fsp3) is 0.167. The highest BCUT2D eigenvalue weighted by Gasteiger charge is 2.58. The van der Waals surface area contributed by atoms with E-state index in [0.29, 0.717) is 22.3 Å². The monoisotopic (exact) mass is 604 g/mol. The smallest absolute Gasteiger partial charge is 0.334 e. The lowest BCUT2D eigenvalue weighted by Gasteiger charge is -2.51. The molecule has 1 N–H and O–H groups in total. The highest BCUT2D eigenvalue weighted by atomic mass is 16.6. The van der Waals surface area contributed by atoms with Gasteiger partial charge >= 0.3 is 11.9 Å². The summed E-state index contributed by atoms with van der Waals surface area (Å²) in [4.78, 5) is 56.6. The summed E-state index contributed by atoms with van der Waals surface area (Å²) in [5, 5.41) is 9.98. The summed E-state index contributed by atoms with van der Waals surface area (Å²) in [6.07, 6.45) is 0.896. The van der Waals surface area contributed by atoms with E-state index in [-0.39, 0.29) is 5.75 Å². The molecule has 0 radical (unpaired) electrons. The lowest BCUT2D eigenvalue weighted by atomic mass is 9.94. The average molecular weight is 605 g/mol. The van der Waals surface area contributed by atoms with Crippen LogP contribution in [-0.4, -0.2) is 50.9 Å². The highest BCUT2D eigenvalue weighted by Crippen LogP contribution is 2.39. The number of aromatic hydroxyl groups is 1. The molecule has 0 aromatic heterocycles. The van der Waals surface area contributed by atoms with Crippen molar-refractivity contribution in [3.8, 4) is 5.75 Å². The predicted molar refractivity (Wildman–Crippen MR) is 165 cm³/mol. The molecule has 9 nitrogen and oxygen atoms in total. The zero-order chi connectivity index (χ0) is 31.9. The van der Waals surface area contributed by atoms with E-state index in [9.17, 15) is 24.3 Å². The number of phenols is 1. The second kappa shape index (κ2) is 13.7. The van der Waals surface area contributed by atoms with Gasteiger partial charge in [-0.25, -0.2) is 4.79 Å². The van der Waals surface area contributed by atoms with Crippen LogP contribution in [0.3, 0.4) is 0 Å². The fourth-order valence-corrected chi connectivity index (χ4v) is 5.30. The number of likely N-dealkylation sites (tertiary alicyclic amines) is 1. The van der Waals surface area contributed by atoms with Gasteiger partial charge in [-0.15, -0.1) is 0 Å². The van der Waals surface area contributed by atoms with Crippen LogP contribution in [0.15, 0.2) is 128 Å². The first-order chi connectivity index (χ1) is 21.8. The number of nitrogens with zero attached hydrogens (tertiary/aromatic N) is 2. The Balaban J connectivity index is 1.55. The molecule has 4 aromatic carbocycles. The van der Waals surface area contributed by atoms with Crippen molar-refractivity contribution in [1.29, 1.82) is 0 Å². The number of hydrogen-bond acceptors (Lipinski definition) is 7. The maximum atomic E-state index is 14.2. The lowest BCUT2D eigenvalue weighted by molar-refractivity contribution is -0.208. The molecule has 9 heteroatoms. The van der Waals surface area contributed by atoms with E-state index >= 15 is 0 Å². The molecule has 1 heterocycles. The molecule has 1 aliphatic heterocycles. The van der Waals surface area contributed by atoms with Gasteiger partial charge in [0, 0.05) is 18.7 Å². The van der Waals surface area contributed by atoms with E-state index in [0.717, 1.165) is 4.90 Å². The van der Waals surface area contributed by atoms with Crippen LogP contribution in [0.5, 0.6) is 5.75 Å². The molecule has 1 aliphatic rings. The summed E-state index contributed by atoms with van der Waals surface area (Å²) in [6, 6.07) is 29.9. The van der Waals surface area contributed by atoms with Crippen molar-refractivity contribution >= 4 is 23.8 Å². The minimum atomic E-state index is -1.38. The van der Waals surface area contributed by atoms with Crippen LogP contribution in [0.4, 0.5) is 0 Å². The number of β-lactam (4-membered cyclic amide) rings is 1. The number of amides is 2. The normalized spacial score (nSPS) is 16.6. The summed E-state index contributed by atoms with van der Waals surface area (Å²) in [5.74, 6) is -2.67. The molecule has 3 atom stereocenters. The fourth-order valence-electron chi connectivity index (χ4n) is 5.30. The topological polar surface area (TPSA) is 113 Å². The summed E-state index contributed by atoms with van der Waals surface area (Å²) in [5.41, 5.74) is 2.05. The Bertz CT molecular complexity index is 1640. The lowest BCUT2D eigenvalue weighted by Crippen LogP contribution is -2.73. The number of esters is 2. The van der Waals surface area contributed by atoms with E-state index in [1.807, 2.05) is 60.7 Å². The first kappa shape index (κ1) is 30.7. The van der Waals surface area contributed by atoms with Crippen molar-refractivity contribution < 1.29 is 33.8 Å². The quantitative estimate of drug-likeness (QED) is 0.187. The number of ether oxygens (including phenoxy) is 2. The third-order valence-electron chi connectivity index (χ3n) is 7.35. The number of benzene rings is 4. The third-order valence-corrected chi connectivity index (χ3v) is 7.35. The van der Waals surface area contributed by atoms with Crippen LogP contribution >= 0.6 is 0 Å². The molecule has 2 unspecified atom stereocenters. The molecule has 0 saturated carbocycles. The number of carbonyl (C=O) groups excluding carboxylic acids is 4. The molecule has 4 aromatic rings. The number of phenolic OH excluding ortho intramolecular Hbond substituents is 1. The molecule has 45 heavy (non-hydrogen) atoms. The Morgan fingerprint density at radius 2 is 1.33 bits per heavy atom. The Morgan fingerprint density at radius 1 is 0.800 bits per heavy atom. The second-order valence-corrected chi connectivity index (χ2v) is 10.4. The number of rotatable bonds is 10. The molecule has 1 saturated heterocycles. The van der Waals surface area contributed by atoms with Gasteiger partial charge in [-0.2, -0.15) is 0 Å². The average Bonchev–Trinajstić information content (AvgIpc) is 3.06. The van der Waals surface area contributed by atoms with Crippen molar-refractivity contribution in [2.45, 2.75) is 38.3 Å². The van der Waals surface area contributed by atoms with Crippen LogP contribution in [0, 0.1) is 0 Å². The van der Waals surface area contributed by atoms with Crippen LogP contribution in [0.2, 0.25) is 0 Å². The van der Waals surface area contributed by atoms with E-state index in [4.69, 9.17) is 9.47 Å². The molecule has 228 valence electrons. The third kappa shape index (κ3) is 6.62. The van der Waals surface area contributed by atoms with Gasteiger partial charge in [-0.3, -0.25) is 24.2 Å². The Hall–Kier alpha value is -5.70. The SMILES string of the molecule is C/C=C\N(C(=O)c1ccccc1)C1C(=O)N(C(C(=O)OC(c2ccccc2)c2ccccc2)c2ccc(O)cc2)[C@H]1OC(C)=O. The number of allylic oxidation sites excluding steroid dienone is 1. The first-order valence-electron chi connectivity index (χ1n) is 14.4. The molecule has 0 spiro atoms. The minimum absolute atomic E-state index is 0.0469. The second-order valence-electron chi connectivity index (χ2n) is 10.4. The molecule has 5 rings (SSSR count). The minimum Gasteiger partial charge on any atom is -0.508 e. The summed E-state index contributed by atoms with van der Waals surface area (Å²) in [6.45, 7) is 2.88. The first-order valence-corrected chi connectivity index (χ1v) is 14.4. The van der Waals surface area contributed by atoms with Crippen LogP contribution in [0.25, 0.3) is 0 Å². The standard InChI is InChI=1S/C36H32N2O7/c1-3-23-37(33(41)28-17-11-6-12-18-28)31-34(42)38(35(31)44-24(2)39)30(25-19-21-29(40)22-20-25)36(43)45-32(26-13-7-4-8-14-26)27-15-9-5-10-16-27/h3-23,30-32,35,40H,1-2H3/b23-3-/t30?,31?,35-/m0/s1. The van der Waals surface area contributed by atoms with Crippen molar-refractivity contribution in [2.24, 2.45) is 0 Å². The van der Waals surface area contributed by atoms with Crippen molar-refractivity contribution in [3.63, 3.8) is 0 Å². The highest BCUT2D eigenvalue weighted by molar-refractivity contribution is 6.02. The molecule has 2 amide bonds.